The van der Waals surface area contributed by atoms with Crippen LogP contribution < -0.4 is 10.2 Å². The van der Waals surface area contributed by atoms with Crippen molar-refractivity contribution in [1.29, 1.82) is 0 Å². The fourth-order valence-electron chi connectivity index (χ4n) is 4.03. The van der Waals surface area contributed by atoms with Crippen molar-refractivity contribution in [2.45, 2.75) is 26.3 Å². The summed E-state index contributed by atoms with van der Waals surface area (Å²) in [6.45, 7) is 3.92. The van der Waals surface area contributed by atoms with E-state index in [2.05, 4.69) is 34.5 Å². The number of allylic oxidation sites excluding steroid dienone is 1. The van der Waals surface area contributed by atoms with E-state index in [-0.39, 0.29) is 11.7 Å². The Hall–Kier alpha value is -3.43. The fourth-order valence-corrected chi connectivity index (χ4v) is 5.04. The number of rotatable bonds is 5. The molecule has 0 saturated heterocycles. The summed E-state index contributed by atoms with van der Waals surface area (Å²) in [6.07, 6.45) is 0.922. The van der Waals surface area contributed by atoms with E-state index in [1.807, 2.05) is 36.6 Å². The Morgan fingerprint density at radius 3 is 2.50 bits per heavy atom. The Morgan fingerprint density at radius 1 is 1.12 bits per heavy atom. The van der Waals surface area contributed by atoms with Crippen LogP contribution in [-0.4, -0.2) is 15.3 Å². The van der Waals surface area contributed by atoms with E-state index in [0.29, 0.717) is 28.1 Å². The number of nitrogens with zero attached hydrogens (tertiary/aromatic N) is 3. The van der Waals surface area contributed by atoms with Crippen molar-refractivity contribution >= 4 is 39.9 Å². The lowest BCUT2D eigenvalue weighted by Crippen LogP contribution is -2.46. The second-order valence-corrected chi connectivity index (χ2v) is 9.17. The van der Waals surface area contributed by atoms with Crippen LogP contribution in [-0.2, 0) is 6.42 Å². The van der Waals surface area contributed by atoms with Gasteiger partial charge >= 0.3 is 0 Å². The minimum absolute atomic E-state index is 0.266. The van der Waals surface area contributed by atoms with Crippen LogP contribution in [0.5, 0.6) is 0 Å². The van der Waals surface area contributed by atoms with Crippen LogP contribution in [0.15, 0.2) is 70.2 Å². The Morgan fingerprint density at radius 2 is 1.85 bits per heavy atom. The minimum Gasteiger partial charge on any atom is -0.351 e. The van der Waals surface area contributed by atoms with E-state index in [0.717, 1.165) is 22.9 Å². The van der Waals surface area contributed by atoms with Gasteiger partial charge in [0, 0.05) is 11.8 Å². The monoisotopic (exact) mass is 494 g/mol. The third-order valence-electron chi connectivity index (χ3n) is 5.71. The van der Waals surface area contributed by atoms with Crippen LogP contribution in [0.3, 0.4) is 0 Å². The second kappa shape index (κ2) is 9.08. The highest BCUT2D eigenvalue weighted by Gasteiger charge is 2.35. The molecule has 1 aliphatic rings. The molecule has 2 aromatic heterocycles. The highest BCUT2D eigenvalue weighted by Crippen LogP contribution is 2.39. The maximum Gasteiger partial charge on any atom is 0.258 e. The molecule has 2 aromatic carbocycles. The minimum atomic E-state index is -0.692. The van der Waals surface area contributed by atoms with Gasteiger partial charge in [-0.3, -0.25) is 4.90 Å². The summed E-state index contributed by atoms with van der Waals surface area (Å²) >= 11 is 7.15. The first kappa shape index (κ1) is 22.4. The predicted molar refractivity (Wildman–Crippen MR) is 133 cm³/mol. The van der Waals surface area contributed by atoms with Crippen LogP contribution in [0.1, 0.15) is 36.9 Å². The molecule has 0 saturated carbocycles. The molecule has 0 fully saturated rings. The first-order valence-corrected chi connectivity index (χ1v) is 12.0. The highest BCUT2D eigenvalue weighted by atomic mass is 32.1. The number of aryl methyl sites for hydroxylation is 1. The number of aromatic nitrogens is 2. The summed E-state index contributed by atoms with van der Waals surface area (Å²) in [7, 11) is 0. The van der Waals surface area contributed by atoms with Gasteiger partial charge in [0.15, 0.2) is 5.11 Å². The molecule has 1 N–H and O–H groups in total. The fraction of sp³-hybridized carbons (Fsp3) is 0.160. The zero-order valence-corrected chi connectivity index (χ0v) is 20.0. The lowest BCUT2D eigenvalue weighted by Gasteiger charge is -2.37. The van der Waals surface area contributed by atoms with Gasteiger partial charge in [0.2, 0.25) is 5.82 Å². The Kier molecular flexibility index (Phi) is 5.97. The molecule has 5 nitrogen and oxygen atoms in total. The molecule has 3 heterocycles. The molecule has 1 atom stereocenters. The first-order chi connectivity index (χ1) is 16.4. The van der Waals surface area contributed by atoms with Gasteiger partial charge in [-0.05, 0) is 60.3 Å². The molecule has 0 bridgehead atoms. The van der Waals surface area contributed by atoms with Gasteiger partial charge in [-0.2, -0.15) is 4.98 Å². The number of thiocarbonyl (C=S) groups is 1. The molecule has 0 aliphatic carbocycles. The quantitative estimate of drug-likeness (QED) is 0.320. The van der Waals surface area contributed by atoms with E-state index in [1.165, 1.54) is 29.0 Å². The lowest BCUT2D eigenvalue weighted by molar-refractivity contribution is 0.404. The second-order valence-electron chi connectivity index (χ2n) is 7.84. The van der Waals surface area contributed by atoms with Crippen molar-refractivity contribution < 1.29 is 13.3 Å². The summed E-state index contributed by atoms with van der Waals surface area (Å²) in [5.41, 5.74) is 3.74. The Bertz CT molecular complexity index is 1360. The molecule has 172 valence electrons. The molecule has 5 rings (SSSR count). The molecule has 4 aromatic rings. The summed E-state index contributed by atoms with van der Waals surface area (Å²) in [6, 6.07) is 14.9. The molecule has 1 unspecified atom stereocenters. The maximum atomic E-state index is 14.0. The smallest absolute Gasteiger partial charge is 0.258 e. The highest BCUT2D eigenvalue weighted by molar-refractivity contribution is 7.80. The van der Waals surface area contributed by atoms with E-state index in [9.17, 15) is 8.78 Å². The van der Waals surface area contributed by atoms with E-state index >= 15 is 0 Å². The largest absolute Gasteiger partial charge is 0.351 e. The average molecular weight is 495 g/mol. The van der Waals surface area contributed by atoms with Crippen molar-refractivity contribution in [3.05, 3.63) is 94.3 Å². The molecule has 1 aliphatic heterocycles. The standard InChI is InChI=1S/C25H20F2N4OS2/c1-3-15-6-8-16(9-7-15)22-21(24-29-23(30-32-24)20-5-4-10-34-20)14(2)31(25(33)28-22)19-12-17(26)11-18(27)13-19/h4-13,22H,3H2,1-2H3,(H,28,33). The Labute approximate surface area is 204 Å². The van der Waals surface area contributed by atoms with E-state index in [1.54, 1.807) is 4.90 Å². The van der Waals surface area contributed by atoms with Crippen molar-refractivity contribution in [1.82, 2.24) is 15.5 Å². The van der Waals surface area contributed by atoms with Gasteiger partial charge in [-0.15, -0.1) is 11.3 Å². The van der Waals surface area contributed by atoms with Crippen LogP contribution >= 0.6 is 23.6 Å². The summed E-state index contributed by atoms with van der Waals surface area (Å²) in [5, 5.41) is 9.72. The number of thiophene rings is 1. The molecule has 0 spiro atoms. The molecule has 9 heteroatoms. The number of benzene rings is 2. The molecule has 0 amide bonds. The first-order valence-electron chi connectivity index (χ1n) is 10.7. The third-order valence-corrected chi connectivity index (χ3v) is 6.88. The van der Waals surface area contributed by atoms with Crippen molar-refractivity contribution in [3.8, 4) is 10.7 Å². The normalized spacial score (nSPS) is 16.2. The number of halogens is 2. The average Bonchev–Trinajstić information content (AvgIpc) is 3.50. The van der Waals surface area contributed by atoms with Gasteiger partial charge in [-0.1, -0.05) is 42.4 Å². The molecule has 34 heavy (non-hydrogen) atoms. The van der Waals surface area contributed by atoms with Gasteiger partial charge in [0.25, 0.3) is 5.89 Å². The van der Waals surface area contributed by atoms with Crippen molar-refractivity contribution in [2.24, 2.45) is 0 Å². The van der Waals surface area contributed by atoms with Crippen LogP contribution in [0.2, 0.25) is 0 Å². The van der Waals surface area contributed by atoms with Crippen LogP contribution in [0.4, 0.5) is 14.5 Å². The lowest BCUT2D eigenvalue weighted by atomic mass is 9.93. The SMILES string of the molecule is CCc1ccc(C2NC(=S)N(c3cc(F)cc(F)c3)C(C)=C2c2nc(-c3cccs3)no2)cc1. The van der Waals surface area contributed by atoms with Crippen molar-refractivity contribution in [2.75, 3.05) is 4.90 Å². The molecule has 0 radical (unpaired) electrons. The van der Waals surface area contributed by atoms with Gasteiger partial charge in [0.05, 0.1) is 22.2 Å². The zero-order valence-electron chi connectivity index (χ0n) is 18.4. The van der Waals surface area contributed by atoms with Gasteiger partial charge < -0.3 is 9.84 Å². The number of nitrogens with one attached hydrogen (secondary N) is 1. The summed E-state index contributed by atoms with van der Waals surface area (Å²) in [4.78, 5) is 7.10. The predicted octanol–water partition coefficient (Wildman–Crippen LogP) is 6.51. The summed E-state index contributed by atoms with van der Waals surface area (Å²) in [5.74, 6) is -0.603. The van der Waals surface area contributed by atoms with Crippen LogP contribution in [0.25, 0.3) is 16.3 Å². The van der Waals surface area contributed by atoms with Crippen molar-refractivity contribution in [3.63, 3.8) is 0 Å². The topological polar surface area (TPSA) is 54.2 Å². The van der Waals surface area contributed by atoms with Gasteiger partial charge in [-0.25, -0.2) is 8.78 Å². The number of anilines is 1. The molecular weight excluding hydrogens is 474 g/mol. The molecular formula is C25H20F2N4OS2. The Balaban J connectivity index is 1.66. The summed E-state index contributed by atoms with van der Waals surface area (Å²) < 4.78 is 33.8. The number of hydrogen-bond donors (Lipinski definition) is 1. The maximum absolute atomic E-state index is 14.0. The van der Waals surface area contributed by atoms with Gasteiger partial charge in [0.1, 0.15) is 11.6 Å². The van der Waals surface area contributed by atoms with E-state index < -0.39 is 11.6 Å². The zero-order chi connectivity index (χ0) is 23.8. The third kappa shape index (κ3) is 4.12. The number of hydrogen-bond acceptors (Lipinski definition) is 5. The van der Waals surface area contributed by atoms with E-state index in [4.69, 9.17) is 16.7 Å². The van der Waals surface area contributed by atoms with Crippen LogP contribution in [0, 0.1) is 11.6 Å².